The van der Waals surface area contributed by atoms with E-state index in [1.165, 1.54) is 0 Å². The quantitative estimate of drug-likeness (QED) is 0.559. The van der Waals surface area contributed by atoms with Crippen molar-refractivity contribution in [3.05, 3.63) is 54.4 Å². The van der Waals surface area contributed by atoms with Crippen LogP contribution >= 0.6 is 0 Å². The summed E-state index contributed by atoms with van der Waals surface area (Å²) in [7, 11) is 3.66. The smallest absolute Gasteiger partial charge is 0.257 e. The van der Waals surface area contributed by atoms with Crippen LogP contribution in [0.4, 0.5) is 17.2 Å². The van der Waals surface area contributed by atoms with Gasteiger partial charge in [-0.2, -0.15) is 4.98 Å². The summed E-state index contributed by atoms with van der Waals surface area (Å²) in [6, 6.07) is 15.9. The molecule has 0 spiro atoms. The van der Waals surface area contributed by atoms with Gasteiger partial charge in [0.05, 0.1) is 12.1 Å². The molecule has 0 unspecified atom stereocenters. The Labute approximate surface area is 151 Å². The van der Waals surface area contributed by atoms with E-state index in [0.717, 1.165) is 28.2 Å². The third kappa shape index (κ3) is 2.72. The van der Waals surface area contributed by atoms with Crippen LogP contribution in [0.3, 0.4) is 0 Å². The third-order valence-electron chi connectivity index (χ3n) is 4.41. The summed E-state index contributed by atoms with van der Waals surface area (Å²) in [4.78, 5) is 6.82. The zero-order chi connectivity index (χ0) is 18.1. The standard InChI is InChI=1S/C19H20N6O/c1-24(14-6-4-3-5-7-14)18-15-9-8-13(20)12-16(15)25-17(10-11-26-2)22-23-19(25)21-18/h3-9,12H,10-11,20H2,1-2H3. The first-order valence-corrected chi connectivity index (χ1v) is 8.40. The lowest BCUT2D eigenvalue weighted by Gasteiger charge is -2.20. The molecule has 2 N–H and O–H groups in total. The normalized spacial score (nSPS) is 11.3. The number of aromatic nitrogens is 4. The maximum Gasteiger partial charge on any atom is 0.257 e. The zero-order valence-corrected chi connectivity index (χ0v) is 14.8. The van der Waals surface area contributed by atoms with Gasteiger partial charge in [-0.3, -0.25) is 4.40 Å². The van der Waals surface area contributed by atoms with Crippen LogP contribution in [0.25, 0.3) is 16.7 Å². The SMILES string of the molecule is COCCc1nnc2nc(N(C)c3ccccc3)c3ccc(N)cc3n12. The average Bonchev–Trinajstić information content (AvgIpc) is 3.09. The highest BCUT2D eigenvalue weighted by atomic mass is 16.5. The van der Waals surface area contributed by atoms with Gasteiger partial charge in [0.1, 0.15) is 11.6 Å². The molecule has 2 aromatic carbocycles. The molecule has 7 nitrogen and oxygen atoms in total. The van der Waals surface area contributed by atoms with E-state index >= 15 is 0 Å². The zero-order valence-electron chi connectivity index (χ0n) is 14.8. The largest absolute Gasteiger partial charge is 0.399 e. The molecule has 0 aliphatic carbocycles. The lowest BCUT2D eigenvalue weighted by molar-refractivity contribution is 0.200. The van der Waals surface area contributed by atoms with E-state index in [9.17, 15) is 0 Å². The maximum absolute atomic E-state index is 6.06. The van der Waals surface area contributed by atoms with E-state index in [1.54, 1.807) is 7.11 Å². The molecule has 7 heteroatoms. The topological polar surface area (TPSA) is 81.6 Å². The minimum Gasteiger partial charge on any atom is -0.399 e. The van der Waals surface area contributed by atoms with Crippen molar-refractivity contribution < 1.29 is 4.74 Å². The minimum atomic E-state index is 0.548. The Bertz CT molecular complexity index is 1060. The number of hydrogen-bond donors (Lipinski definition) is 1. The number of nitrogens with zero attached hydrogens (tertiary/aromatic N) is 5. The van der Waals surface area contributed by atoms with Gasteiger partial charge in [0.25, 0.3) is 5.78 Å². The number of fused-ring (bicyclic) bond motifs is 3. The molecule has 26 heavy (non-hydrogen) atoms. The number of anilines is 3. The number of hydrogen-bond acceptors (Lipinski definition) is 6. The molecule has 2 aromatic heterocycles. The van der Waals surface area contributed by atoms with Crippen LogP contribution in [0.15, 0.2) is 48.5 Å². The maximum atomic E-state index is 6.06. The predicted octanol–water partition coefficient (Wildman–Crippen LogP) is 2.82. The lowest BCUT2D eigenvalue weighted by atomic mass is 10.2. The van der Waals surface area contributed by atoms with E-state index in [2.05, 4.69) is 10.2 Å². The van der Waals surface area contributed by atoms with Crippen LogP contribution in [0.2, 0.25) is 0 Å². The van der Waals surface area contributed by atoms with Crippen LogP contribution in [-0.2, 0) is 11.2 Å². The van der Waals surface area contributed by atoms with Gasteiger partial charge in [-0.25, -0.2) is 0 Å². The minimum absolute atomic E-state index is 0.548. The molecule has 0 aliphatic heterocycles. The first-order chi connectivity index (χ1) is 12.7. The van der Waals surface area contributed by atoms with Crippen molar-refractivity contribution in [3.63, 3.8) is 0 Å². The van der Waals surface area contributed by atoms with Gasteiger partial charge in [0, 0.05) is 37.3 Å². The monoisotopic (exact) mass is 348 g/mol. The fourth-order valence-electron chi connectivity index (χ4n) is 3.09. The van der Waals surface area contributed by atoms with Crippen LogP contribution in [0, 0.1) is 0 Å². The first kappa shape index (κ1) is 16.3. The van der Waals surface area contributed by atoms with E-state index in [0.29, 0.717) is 24.5 Å². The van der Waals surface area contributed by atoms with E-state index in [-0.39, 0.29) is 0 Å². The fraction of sp³-hybridized carbons (Fsp3) is 0.211. The van der Waals surface area contributed by atoms with Gasteiger partial charge in [0.15, 0.2) is 0 Å². The highest BCUT2D eigenvalue weighted by Crippen LogP contribution is 2.31. The van der Waals surface area contributed by atoms with E-state index in [1.807, 2.05) is 64.9 Å². The van der Waals surface area contributed by atoms with Crippen molar-refractivity contribution in [1.82, 2.24) is 19.6 Å². The molecule has 4 aromatic rings. The van der Waals surface area contributed by atoms with Crippen LogP contribution < -0.4 is 10.6 Å². The summed E-state index contributed by atoms with van der Waals surface area (Å²) in [6.45, 7) is 0.566. The second-order valence-corrected chi connectivity index (χ2v) is 6.10. The van der Waals surface area contributed by atoms with Crippen LogP contribution in [0.5, 0.6) is 0 Å². The third-order valence-corrected chi connectivity index (χ3v) is 4.41. The van der Waals surface area contributed by atoms with E-state index < -0.39 is 0 Å². The van der Waals surface area contributed by atoms with Gasteiger partial charge in [-0.05, 0) is 30.3 Å². The number of methoxy groups -OCH3 is 1. The molecule has 0 amide bonds. The van der Waals surface area contributed by atoms with Crippen LogP contribution in [-0.4, -0.2) is 40.3 Å². The summed E-state index contributed by atoms with van der Waals surface area (Å²) < 4.78 is 7.14. The summed E-state index contributed by atoms with van der Waals surface area (Å²) in [6.07, 6.45) is 0.650. The fourth-order valence-corrected chi connectivity index (χ4v) is 3.09. The predicted molar refractivity (Wildman–Crippen MR) is 103 cm³/mol. The number of nitrogen functional groups attached to an aromatic ring is 1. The van der Waals surface area contributed by atoms with Gasteiger partial charge in [-0.1, -0.05) is 18.2 Å². The highest BCUT2D eigenvalue weighted by Gasteiger charge is 2.17. The van der Waals surface area contributed by atoms with Gasteiger partial charge in [0.2, 0.25) is 0 Å². The molecule has 0 bridgehead atoms. The van der Waals surface area contributed by atoms with Crippen molar-refractivity contribution in [2.75, 3.05) is 31.4 Å². The number of nitrogens with two attached hydrogens (primary N) is 1. The molecule has 0 saturated carbocycles. The van der Waals surface area contributed by atoms with Crippen molar-refractivity contribution in [2.24, 2.45) is 0 Å². The molecule has 0 fully saturated rings. The molecule has 0 aliphatic rings. The Morgan fingerprint density at radius 3 is 2.69 bits per heavy atom. The summed E-state index contributed by atoms with van der Waals surface area (Å²) in [5, 5.41) is 9.55. The Morgan fingerprint density at radius 1 is 1.12 bits per heavy atom. The molecule has 4 rings (SSSR count). The molecule has 0 saturated heterocycles. The van der Waals surface area contributed by atoms with Crippen molar-refractivity contribution in [3.8, 4) is 0 Å². The first-order valence-electron chi connectivity index (χ1n) is 8.40. The number of para-hydroxylation sites is 1. The van der Waals surface area contributed by atoms with Crippen molar-refractivity contribution in [2.45, 2.75) is 6.42 Å². The van der Waals surface area contributed by atoms with Gasteiger partial charge >= 0.3 is 0 Å². The molecular formula is C19H20N6O. The van der Waals surface area contributed by atoms with Gasteiger partial charge in [-0.15, -0.1) is 10.2 Å². The van der Waals surface area contributed by atoms with Gasteiger partial charge < -0.3 is 15.4 Å². The Morgan fingerprint density at radius 2 is 1.92 bits per heavy atom. The van der Waals surface area contributed by atoms with Crippen LogP contribution in [0.1, 0.15) is 5.82 Å². The molecule has 0 radical (unpaired) electrons. The lowest BCUT2D eigenvalue weighted by Crippen LogP contribution is -2.13. The Balaban J connectivity index is 1.97. The van der Waals surface area contributed by atoms with E-state index in [4.69, 9.17) is 15.5 Å². The molecule has 0 atom stereocenters. The van der Waals surface area contributed by atoms with Crippen molar-refractivity contribution >= 4 is 33.9 Å². The highest BCUT2D eigenvalue weighted by molar-refractivity contribution is 5.95. The molecule has 132 valence electrons. The summed E-state index contributed by atoms with van der Waals surface area (Å²) in [5.74, 6) is 2.16. The Hall–Kier alpha value is -3.19. The summed E-state index contributed by atoms with van der Waals surface area (Å²) >= 11 is 0. The number of rotatable bonds is 5. The molecule has 2 heterocycles. The summed E-state index contributed by atoms with van der Waals surface area (Å²) in [5.41, 5.74) is 8.72. The molecular weight excluding hydrogens is 328 g/mol. The number of benzene rings is 2. The second kappa shape index (κ2) is 6.61. The number of ether oxygens (including phenoxy) is 1. The second-order valence-electron chi connectivity index (χ2n) is 6.10. The average molecular weight is 348 g/mol. The van der Waals surface area contributed by atoms with Crippen molar-refractivity contribution in [1.29, 1.82) is 0 Å². The Kier molecular flexibility index (Phi) is 4.14.